The van der Waals surface area contributed by atoms with Gasteiger partial charge in [0.1, 0.15) is 24.1 Å². The molecule has 3 heterocycles. The predicted octanol–water partition coefficient (Wildman–Crippen LogP) is 1.05. The van der Waals surface area contributed by atoms with Crippen molar-refractivity contribution in [2.45, 2.75) is 31.0 Å². The van der Waals surface area contributed by atoms with Gasteiger partial charge in [-0.25, -0.2) is 15.0 Å². The Bertz CT molecular complexity index is 718. The minimum Gasteiger partial charge on any atom is -0.388 e. The van der Waals surface area contributed by atoms with Crippen molar-refractivity contribution in [1.29, 1.82) is 0 Å². The third-order valence-corrected chi connectivity index (χ3v) is 4.15. The number of aliphatic hydroxyl groups excluding tert-OH is 2. The maximum absolute atomic E-state index is 10.3. The van der Waals surface area contributed by atoms with E-state index >= 15 is 0 Å². The SMILES string of the molecule is Nc1ncnc2c1ncn2C1O[C@H](CC=C(Br)Br)[C@@H](O)[C@H]1O. The highest BCUT2D eigenvalue weighted by Gasteiger charge is 2.43. The van der Waals surface area contributed by atoms with Crippen LogP contribution in [0.5, 0.6) is 0 Å². The molecule has 118 valence electrons. The fourth-order valence-corrected chi connectivity index (χ4v) is 2.79. The zero-order chi connectivity index (χ0) is 15.9. The minimum absolute atomic E-state index is 0.250. The Labute approximate surface area is 142 Å². The summed E-state index contributed by atoms with van der Waals surface area (Å²) in [5.74, 6) is 0.250. The lowest BCUT2D eigenvalue weighted by atomic mass is 10.1. The number of aromatic nitrogens is 4. The van der Waals surface area contributed by atoms with Crippen LogP contribution in [0, 0.1) is 0 Å². The first kappa shape index (κ1) is 15.8. The number of imidazole rings is 1. The first-order valence-corrected chi connectivity index (χ1v) is 8.03. The van der Waals surface area contributed by atoms with Crippen molar-refractivity contribution < 1.29 is 14.9 Å². The van der Waals surface area contributed by atoms with Gasteiger partial charge in [0.15, 0.2) is 17.7 Å². The summed E-state index contributed by atoms with van der Waals surface area (Å²) in [6, 6.07) is 0. The minimum atomic E-state index is -1.10. The zero-order valence-corrected chi connectivity index (χ0v) is 14.3. The number of hydrogen-bond donors (Lipinski definition) is 3. The molecule has 0 amide bonds. The van der Waals surface area contributed by atoms with E-state index in [1.54, 1.807) is 10.6 Å². The van der Waals surface area contributed by atoms with Gasteiger partial charge in [-0.15, -0.1) is 0 Å². The van der Waals surface area contributed by atoms with Crippen molar-refractivity contribution in [2.24, 2.45) is 0 Å². The molecular weight excluding hydrogens is 422 g/mol. The molecular formula is C12H13Br2N5O3. The second-order valence-corrected chi connectivity index (χ2v) is 7.63. The summed E-state index contributed by atoms with van der Waals surface area (Å²) in [6.45, 7) is 0. The van der Waals surface area contributed by atoms with Gasteiger partial charge in [-0.1, -0.05) is 6.08 Å². The van der Waals surface area contributed by atoms with Crippen LogP contribution in [0.2, 0.25) is 0 Å². The Hall–Kier alpha value is -1.07. The Balaban J connectivity index is 1.91. The molecule has 2 aromatic heterocycles. The smallest absolute Gasteiger partial charge is 0.167 e. The summed E-state index contributed by atoms with van der Waals surface area (Å²) < 4.78 is 8.07. The van der Waals surface area contributed by atoms with Crippen molar-refractivity contribution in [3.05, 3.63) is 22.1 Å². The molecule has 1 unspecified atom stereocenters. The van der Waals surface area contributed by atoms with Gasteiger partial charge >= 0.3 is 0 Å². The van der Waals surface area contributed by atoms with Gasteiger partial charge in [0, 0.05) is 0 Å². The Morgan fingerprint density at radius 3 is 2.82 bits per heavy atom. The Morgan fingerprint density at radius 2 is 2.09 bits per heavy atom. The third kappa shape index (κ3) is 2.76. The summed E-state index contributed by atoms with van der Waals surface area (Å²) in [5, 5.41) is 20.4. The van der Waals surface area contributed by atoms with E-state index in [4.69, 9.17) is 10.5 Å². The van der Waals surface area contributed by atoms with E-state index in [0.717, 1.165) is 3.39 Å². The summed E-state index contributed by atoms with van der Waals surface area (Å²) in [7, 11) is 0. The predicted molar refractivity (Wildman–Crippen MR) is 86.2 cm³/mol. The Kier molecular flexibility index (Phi) is 4.46. The van der Waals surface area contributed by atoms with E-state index in [0.29, 0.717) is 17.6 Å². The monoisotopic (exact) mass is 433 g/mol. The van der Waals surface area contributed by atoms with Gasteiger partial charge in [0.2, 0.25) is 0 Å². The van der Waals surface area contributed by atoms with Crippen LogP contribution >= 0.6 is 31.9 Å². The molecule has 0 bridgehead atoms. The molecule has 0 saturated carbocycles. The number of rotatable bonds is 3. The van der Waals surface area contributed by atoms with Crippen molar-refractivity contribution in [1.82, 2.24) is 19.5 Å². The number of anilines is 1. The van der Waals surface area contributed by atoms with Crippen LogP contribution in [0.4, 0.5) is 5.82 Å². The van der Waals surface area contributed by atoms with Crippen molar-refractivity contribution in [3.8, 4) is 0 Å². The van der Waals surface area contributed by atoms with E-state index in [9.17, 15) is 10.2 Å². The number of nitrogen functional groups attached to an aromatic ring is 1. The molecule has 10 heteroatoms. The van der Waals surface area contributed by atoms with Crippen LogP contribution in [0.3, 0.4) is 0 Å². The van der Waals surface area contributed by atoms with Gasteiger partial charge < -0.3 is 20.7 Å². The largest absolute Gasteiger partial charge is 0.388 e. The Morgan fingerprint density at radius 1 is 1.32 bits per heavy atom. The lowest BCUT2D eigenvalue weighted by Crippen LogP contribution is -2.31. The van der Waals surface area contributed by atoms with Gasteiger partial charge in [-0.3, -0.25) is 4.57 Å². The lowest BCUT2D eigenvalue weighted by Gasteiger charge is -2.16. The second-order valence-electron chi connectivity index (χ2n) is 4.86. The van der Waals surface area contributed by atoms with Crippen LogP contribution < -0.4 is 5.73 Å². The molecule has 0 radical (unpaired) electrons. The number of nitrogens with two attached hydrogens (primary N) is 1. The summed E-state index contributed by atoms with van der Waals surface area (Å²) in [6.07, 6.45) is 1.58. The van der Waals surface area contributed by atoms with Crippen molar-refractivity contribution in [3.63, 3.8) is 0 Å². The van der Waals surface area contributed by atoms with Crippen molar-refractivity contribution in [2.75, 3.05) is 5.73 Å². The molecule has 1 fully saturated rings. The van der Waals surface area contributed by atoms with E-state index < -0.39 is 24.5 Å². The number of hydrogen-bond acceptors (Lipinski definition) is 7. The van der Waals surface area contributed by atoms with Gasteiger partial charge in [0.25, 0.3) is 0 Å². The molecule has 0 aliphatic carbocycles. The number of ether oxygens (including phenoxy) is 1. The molecule has 0 spiro atoms. The molecule has 4 N–H and O–H groups in total. The first-order chi connectivity index (χ1) is 10.5. The second kappa shape index (κ2) is 6.20. The number of nitrogens with zero attached hydrogens (tertiary/aromatic N) is 4. The normalized spacial score (nSPS) is 28.2. The standard InChI is InChI=1S/C12H13Br2N5O3/c13-6(14)2-1-5-8(20)9(21)12(22-5)19-4-18-7-10(15)16-3-17-11(7)19/h2-5,8-9,12,20-21H,1H2,(H2,15,16,17)/t5-,8-,9-,12?/m1/s1. The molecule has 8 nitrogen and oxygen atoms in total. The van der Waals surface area contributed by atoms with Crippen LogP contribution in [0.15, 0.2) is 22.1 Å². The third-order valence-electron chi connectivity index (χ3n) is 3.50. The van der Waals surface area contributed by atoms with Crippen LogP contribution in [-0.4, -0.2) is 48.0 Å². The first-order valence-electron chi connectivity index (χ1n) is 6.45. The van der Waals surface area contributed by atoms with Gasteiger partial charge in [-0.05, 0) is 38.3 Å². The molecule has 22 heavy (non-hydrogen) atoms. The van der Waals surface area contributed by atoms with Gasteiger partial charge in [-0.2, -0.15) is 0 Å². The van der Waals surface area contributed by atoms with Crippen LogP contribution in [0.25, 0.3) is 11.2 Å². The zero-order valence-electron chi connectivity index (χ0n) is 11.2. The van der Waals surface area contributed by atoms with Crippen LogP contribution in [-0.2, 0) is 4.74 Å². The van der Waals surface area contributed by atoms with Crippen LogP contribution in [0.1, 0.15) is 12.6 Å². The summed E-state index contributed by atoms with van der Waals surface area (Å²) in [4.78, 5) is 12.1. The average Bonchev–Trinajstić information content (AvgIpc) is 3.01. The molecule has 1 saturated heterocycles. The topological polar surface area (TPSA) is 119 Å². The molecule has 1 aliphatic rings. The quantitative estimate of drug-likeness (QED) is 0.660. The van der Waals surface area contributed by atoms with E-state index in [1.165, 1.54) is 12.7 Å². The number of halogens is 2. The van der Waals surface area contributed by atoms with E-state index in [-0.39, 0.29) is 5.82 Å². The highest BCUT2D eigenvalue weighted by molar-refractivity contribution is 9.28. The average molecular weight is 435 g/mol. The highest BCUT2D eigenvalue weighted by atomic mass is 79.9. The maximum atomic E-state index is 10.3. The molecule has 1 aliphatic heterocycles. The fourth-order valence-electron chi connectivity index (χ4n) is 2.42. The van der Waals surface area contributed by atoms with Crippen molar-refractivity contribution >= 4 is 48.8 Å². The number of fused-ring (bicyclic) bond motifs is 1. The number of aliphatic hydroxyl groups is 2. The maximum Gasteiger partial charge on any atom is 0.167 e. The molecule has 3 rings (SSSR count). The summed E-state index contributed by atoms with van der Waals surface area (Å²) in [5.41, 5.74) is 6.62. The molecule has 2 aromatic rings. The fraction of sp³-hybridized carbons (Fsp3) is 0.417. The summed E-state index contributed by atoms with van der Waals surface area (Å²) >= 11 is 6.49. The highest BCUT2D eigenvalue weighted by Crippen LogP contribution is 2.33. The van der Waals surface area contributed by atoms with E-state index in [1.807, 2.05) is 0 Å². The van der Waals surface area contributed by atoms with Gasteiger partial charge in [0.05, 0.1) is 15.8 Å². The lowest BCUT2D eigenvalue weighted by molar-refractivity contribution is -0.0338. The molecule has 0 aromatic carbocycles. The van der Waals surface area contributed by atoms with E-state index in [2.05, 4.69) is 46.8 Å². The molecule has 4 atom stereocenters.